The Labute approximate surface area is 173 Å². The number of rotatable bonds is 11. The Kier molecular flexibility index (Phi) is 11.7. The third kappa shape index (κ3) is 11.6. The first-order valence-electron chi connectivity index (χ1n) is 9.00. The predicted octanol–water partition coefficient (Wildman–Crippen LogP) is -1.01. The quantitative estimate of drug-likeness (QED) is 0.305. The summed E-state index contributed by atoms with van der Waals surface area (Å²) in [6, 6.07) is -1.28. The van der Waals surface area contributed by atoms with E-state index in [1.165, 1.54) is 6.92 Å². The van der Waals surface area contributed by atoms with Crippen molar-refractivity contribution in [3.05, 3.63) is 0 Å². The SMILES string of the molecule is CC(=O)NC[C@H](OC(C)=O)[C@@H](OC(C)=O)[C@H](NC(C)=O)[C@@H](COC(C)=O)OC(C)=O. The molecule has 0 rings (SSSR count). The molecular formula is C18H28N2O10. The Hall–Kier alpha value is -3.18. The van der Waals surface area contributed by atoms with Gasteiger partial charge in [-0.05, 0) is 0 Å². The Balaban J connectivity index is 6.19. The zero-order chi connectivity index (χ0) is 23.4. The molecule has 12 nitrogen and oxygen atoms in total. The Morgan fingerprint density at radius 3 is 1.57 bits per heavy atom. The van der Waals surface area contributed by atoms with Crippen molar-refractivity contribution in [2.24, 2.45) is 0 Å². The number of hydrogen-bond donors (Lipinski definition) is 2. The monoisotopic (exact) mass is 432 g/mol. The molecule has 0 fully saturated rings. The minimum absolute atomic E-state index is 0.275. The predicted molar refractivity (Wildman–Crippen MR) is 99.6 cm³/mol. The average molecular weight is 432 g/mol. The fourth-order valence-electron chi connectivity index (χ4n) is 2.50. The van der Waals surface area contributed by atoms with Crippen LogP contribution in [0.4, 0.5) is 0 Å². The van der Waals surface area contributed by atoms with Crippen LogP contribution in [0.25, 0.3) is 0 Å². The molecule has 0 unspecified atom stereocenters. The highest BCUT2D eigenvalue weighted by molar-refractivity contribution is 5.74. The smallest absolute Gasteiger partial charge is 0.303 e. The van der Waals surface area contributed by atoms with Gasteiger partial charge >= 0.3 is 23.9 Å². The molecule has 4 atom stereocenters. The molecule has 0 heterocycles. The van der Waals surface area contributed by atoms with Crippen molar-refractivity contribution in [2.75, 3.05) is 13.2 Å². The fourth-order valence-corrected chi connectivity index (χ4v) is 2.50. The van der Waals surface area contributed by atoms with Gasteiger partial charge in [-0.2, -0.15) is 0 Å². The van der Waals surface area contributed by atoms with Gasteiger partial charge in [-0.15, -0.1) is 0 Å². The molecular weight excluding hydrogens is 404 g/mol. The number of carbonyl (C=O) groups excluding carboxylic acids is 6. The highest BCUT2D eigenvalue weighted by Gasteiger charge is 2.42. The van der Waals surface area contributed by atoms with Crippen molar-refractivity contribution < 1.29 is 47.7 Å². The summed E-state index contributed by atoms with van der Waals surface area (Å²) < 4.78 is 20.5. The number of hydrogen-bond acceptors (Lipinski definition) is 10. The van der Waals surface area contributed by atoms with E-state index in [0.29, 0.717) is 0 Å². The van der Waals surface area contributed by atoms with Crippen molar-refractivity contribution in [1.29, 1.82) is 0 Å². The topological polar surface area (TPSA) is 163 Å². The molecule has 2 amide bonds. The van der Waals surface area contributed by atoms with Crippen LogP contribution in [0.2, 0.25) is 0 Å². The summed E-state index contributed by atoms with van der Waals surface area (Å²) in [5.41, 5.74) is 0. The summed E-state index contributed by atoms with van der Waals surface area (Å²) in [5.74, 6) is -4.07. The molecule has 0 saturated heterocycles. The molecule has 0 aromatic carbocycles. The van der Waals surface area contributed by atoms with E-state index in [9.17, 15) is 28.8 Å². The first-order chi connectivity index (χ1) is 13.8. The summed E-state index contributed by atoms with van der Waals surface area (Å²) in [5, 5.41) is 4.90. The second kappa shape index (κ2) is 13.1. The van der Waals surface area contributed by atoms with E-state index in [-0.39, 0.29) is 6.54 Å². The maximum absolute atomic E-state index is 11.8. The number of ether oxygens (including phenoxy) is 4. The van der Waals surface area contributed by atoms with Crippen LogP contribution in [0.5, 0.6) is 0 Å². The van der Waals surface area contributed by atoms with Crippen molar-refractivity contribution in [1.82, 2.24) is 10.6 Å². The van der Waals surface area contributed by atoms with Gasteiger partial charge in [0, 0.05) is 41.5 Å². The van der Waals surface area contributed by atoms with E-state index < -0.39 is 66.7 Å². The van der Waals surface area contributed by atoms with Crippen LogP contribution in [0, 0.1) is 0 Å². The minimum atomic E-state index is -1.40. The molecule has 0 radical (unpaired) electrons. The van der Waals surface area contributed by atoms with Gasteiger partial charge in [0.25, 0.3) is 0 Å². The molecule has 30 heavy (non-hydrogen) atoms. The number of amides is 2. The second-order valence-corrected chi connectivity index (χ2v) is 6.34. The molecule has 0 aliphatic heterocycles. The largest absolute Gasteiger partial charge is 0.462 e. The summed E-state index contributed by atoms with van der Waals surface area (Å²) in [7, 11) is 0. The molecule has 0 aliphatic carbocycles. The Bertz CT molecular complexity index is 607. The summed E-state index contributed by atoms with van der Waals surface area (Å²) in [6.45, 7) is 6.01. The third-order valence-electron chi connectivity index (χ3n) is 3.43. The minimum Gasteiger partial charge on any atom is -0.462 e. The lowest BCUT2D eigenvalue weighted by molar-refractivity contribution is -0.177. The van der Waals surface area contributed by atoms with Gasteiger partial charge < -0.3 is 29.6 Å². The van der Waals surface area contributed by atoms with E-state index in [4.69, 9.17) is 18.9 Å². The van der Waals surface area contributed by atoms with Gasteiger partial charge in [-0.25, -0.2) is 0 Å². The maximum atomic E-state index is 11.8. The first kappa shape index (κ1) is 26.8. The molecule has 0 aromatic rings. The lowest BCUT2D eigenvalue weighted by Crippen LogP contribution is -2.60. The van der Waals surface area contributed by atoms with Gasteiger partial charge in [0.15, 0.2) is 18.3 Å². The van der Waals surface area contributed by atoms with E-state index in [2.05, 4.69) is 10.6 Å². The molecule has 2 N–H and O–H groups in total. The zero-order valence-corrected chi connectivity index (χ0v) is 17.8. The highest BCUT2D eigenvalue weighted by atomic mass is 16.6. The number of carbonyl (C=O) groups is 6. The van der Waals surface area contributed by atoms with Gasteiger partial charge in [-0.3, -0.25) is 28.8 Å². The lowest BCUT2D eigenvalue weighted by Gasteiger charge is -2.36. The maximum Gasteiger partial charge on any atom is 0.303 e. The first-order valence-corrected chi connectivity index (χ1v) is 9.00. The molecule has 0 aliphatic rings. The Morgan fingerprint density at radius 2 is 1.17 bits per heavy atom. The Morgan fingerprint density at radius 1 is 0.667 bits per heavy atom. The number of esters is 4. The highest BCUT2D eigenvalue weighted by Crippen LogP contribution is 2.17. The average Bonchev–Trinajstić information content (AvgIpc) is 2.57. The zero-order valence-electron chi connectivity index (χ0n) is 17.8. The van der Waals surface area contributed by atoms with Gasteiger partial charge in [0.05, 0.1) is 6.54 Å². The van der Waals surface area contributed by atoms with Crippen LogP contribution in [-0.2, 0) is 47.7 Å². The van der Waals surface area contributed by atoms with Crippen LogP contribution >= 0.6 is 0 Å². The van der Waals surface area contributed by atoms with Crippen molar-refractivity contribution in [3.63, 3.8) is 0 Å². The molecule has 0 bridgehead atoms. The fraction of sp³-hybridized carbons (Fsp3) is 0.667. The molecule has 0 saturated carbocycles. The second-order valence-electron chi connectivity index (χ2n) is 6.34. The normalized spacial score (nSPS) is 14.2. The van der Waals surface area contributed by atoms with Crippen LogP contribution in [-0.4, -0.2) is 73.2 Å². The van der Waals surface area contributed by atoms with E-state index >= 15 is 0 Å². The van der Waals surface area contributed by atoms with Crippen molar-refractivity contribution in [2.45, 2.75) is 65.9 Å². The number of nitrogens with one attached hydrogen (secondary N) is 2. The van der Waals surface area contributed by atoms with Crippen LogP contribution in [0.15, 0.2) is 0 Å². The van der Waals surface area contributed by atoms with Crippen molar-refractivity contribution in [3.8, 4) is 0 Å². The van der Waals surface area contributed by atoms with Gasteiger partial charge in [-0.1, -0.05) is 0 Å². The summed E-state index contributed by atoms with van der Waals surface area (Å²) in [6.07, 6.45) is -3.96. The summed E-state index contributed by atoms with van der Waals surface area (Å²) in [4.78, 5) is 69.2. The third-order valence-corrected chi connectivity index (χ3v) is 3.43. The van der Waals surface area contributed by atoms with Gasteiger partial charge in [0.2, 0.25) is 11.8 Å². The van der Waals surface area contributed by atoms with Crippen LogP contribution in [0.1, 0.15) is 41.5 Å². The van der Waals surface area contributed by atoms with E-state index in [1.807, 2.05) is 0 Å². The molecule has 170 valence electrons. The summed E-state index contributed by atoms with van der Waals surface area (Å²) >= 11 is 0. The van der Waals surface area contributed by atoms with Crippen LogP contribution in [0.3, 0.4) is 0 Å². The molecule has 0 aromatic heterocycles. The lowest BCUT2D eigenvalue weighted by atomic mass is 9.98. The van der Waals surface area contributed by atoms with Crippen LogP contribution < -0.4 is 10.6 Å². The standard InChI is InChI=1S/C18H28N2O10/c1-9(21)19-7-15(28-12(4)24)18(30-14(6)26)17(20-10(2)22)16(29-13(5)25)8-27-11(3)23/h15-18H,7-8H2,1-6H3,(H,19,21)(H,20,22)/t15-,16+,17+,18+/m0/s1. The van der Waals surface area contributed by atoms with Crippen molar-refractivity contribution >= 4 is 35.7 Å². The molecule has 0 spiro atoms. The van der Waals surface area contributed by atoms with E-state index in [1.54, 1.807) is 0 Å². The van der Waals surface area contributed by atoms with Gasteiger partial charge in [0.1, 0.15) is 12.6 Å². The molecule has 12 heteroatoms. The van der Waals surface area contributed by atoms with E-state index in [0.717, 1.165) is 34.6 Å².